The number of nitriles is 2. The molecule has 2 fully saturated rings. The molecular weight excluding hydrogens is 590 g/mol. The van der Waals surface area contributed by atoms with Crippen LogP contribution in [0.3, 0.4) is 0 Å². The number of nitrogens with zero attached hydrogens (tertiary/aromatic N) is 7. The zero-order valence-electron chi connectivity index (χ0n) is 27.5. The smallest absolute Gasteiger partial charge is 0.246 e. The average molecular weight is 634 g/mol. The number of anilines is 2. The first-order chi connectivity index (χ1) is 22.9. The lowest BCUT2D eigenvalue weighted by Crippen LogP contribution is -2.55. The van der Waals surface area contributed by atoms with E-state index in [0.29, 0.717) is 44.0 Å². The van der Waals surface area contributed by atoms with Crippen LogP contribution in [0.1, 0.15) is 42.1 Å². The summed E-state index contributed by atoms with van der Waals surface area (Å²) < 4.78 is 12.0. The lowest BCUT2D eigenvalue weighted by Gasteiger charge is -2.43. The largest absolute Gasteiger partial charge is 0.474 e. The van der Waals surface area contributed by atoms with Crippen molar-refractivity contribution in [1.29, 1.82) is 10.5 Å². The van der Waals surface area contributed by atoms with Gasteiger partial charge in [0.1, 0.15) is 11.6 Å². The van der Waals surface area contributed by atoms with Gasteiger partial charge in [-0.2, -0.15) is 10.5 Å². The molecular formula is C37H43N7O3. The van der Waals surface area contributed by atoms with Gasteiger partial charge in [-0.3, -0.25) is 9.69 Å². The Labute approximate surface area is 277 Å². The minimum absolute atomic E-state index is 0.155. The fourth-order valence-corrected chi connectivity index (χ4v) is 7.23. The summed E-state index contributed by atoms with van der Waals surface area (Å²) in [6.07, 6.45) is 2.85. The number of hydrogen-bond donors (Lipinski definition) is 0. The molecule has 2 aromatic carbocycles. The molecule has 2 unspecified atom stereocenters. The number of pyridine rings is 1. The van der Waals surface area contributed by atoms with Gasteiger partial charge in [-0.15, -0.1) is 0 Å². The van der Waals surface area contributed by atoms with Crippen molar-refractivity contribution < 1.29 is 14.3 Å². The molecule has 6 rings (SSSR count). The summed E-state index contributed by atoms with van der Waals surface area (Å²) in [6, 6.07) is 17.2. The summed E-state index contributed by atoms with van der Waals surface area (Å²) in [6.45, 7) is 14.8. The highest BCUT2D eigenvalue weighted by atomic mass is 16.5. The standard InChI is InChI=1S/C37H43N7O3/c1-4-34(45)44-18-17-43(24-29(44)11-14-38)36-30-13-16-42(33-10-6-9-28-8-5-7-26(2)35(28)33)25-32(30)40-37(31(36)23-39)47-27(3)12-15-41-19-21-46-22-20-41/h4-10,27,29H,1,11-13,15-22,24-25H2,2-3H3. The predicted molar refractivity (Wildman–Crippen MR) is 182 cm³/mol. The van der Waals surface area contributed by atoms with Crippen molar-refractivity contribution in [2.45, 2.75) is 51.8 Å². The van der Waals surface area contributed by atoms with E-state index >= 15 is 0 Å². The van der Waals surface area contributed by atoms with E-state index in [0.717, 1.165) is 62.8 Å². The van der Waals surface area contributed by atoms with Crippen LogP contribution >= 0.6 is 0 Å². The summed E-state index contributed by atoms with van der Waals surface area (Å²) in [5.74, 6) is 0.175. The van der Waals surface area contributed by atoms with E-state index in [9.17, 15) is 15.3 Å². The van der Waals surface area contributed by atoms with Crippen LogP contribution in [0.15, 0.2) is 49.1 Å². The summed E-state index contributed by atoms with van der Waals surface area (Å²) in [4.78, 5) is 26.4. The first kappa shape index (κ1) is 32.3. The Balaban J connectivity index is 1.37. The minimum Gasteiger partial charge on any atom is -0.474 e. The molecule has 0 spiro atoms. The second kappa shape index (κ2) is 14.4. The van der Waals surface area contributed by atoms with Gasteiger partial charge in [0.15, 0.2) is 0 Å². The van der Waals surface area contributed by atoms with Gasteiger partial charge in [0.05, 0.1) is 55.8 Å². The molecule has 2 atom stereocenters. The van der Waals surface area contributed by atoms with Crippen molar-refractivity contribution in [3.8, 4) is 18.0 Å². The molecule has 244 valence electrons. The zero-order chi connectivity index (χ0) is 32.9. The van der Waals surface area contributed by atoms with Gasteiger partial charge >= 0.3 is 0 Å². The summed E-state index contributed by atoms with van der Waals surface area (Å²) in [7, 11) is 0. The number of piperazine rings is 1. The lowest BCUT2D eigenvalue weighted by molar-refractivity contribution is -0.128. The molecule has 3 aromatic rings. The number of hydrogen-bond acceptors (Lipinski definition) is 9. The zero-order valence-corrected chi connectivity index (χ0v) is 27.5. The Morgan fingerprint density at radius 2 is 1.91 bits per heavy atom. The molecule has 0 saturated carbocycles. The van der Waals surface area contributed by atoms with Crippen molar-refractivity contribution in [1.82, 2.24) is 14.8 Å². The second-order valence-corrected chi connectivity index (χ2v) is 12.7. The van der Waals surface area contributed by atoms with Gasteiger partial charge in [0.2, 0.25) is 11.8 Å². The van der Waals surface area contributed by atoms with Crippen molar-refractivity contribution in [2.75, 3.05) is 68.8 Å². The van der Waals surface area contributed by atoms with Gasteiger partial charge in [-0.25, -0.2) is 4.98 Å². The van der Waals surface area contributed by atoms with Crippen LogP contribution in [0.2, 0.25) is 0 Å². The van der Waals surface area contributed by atoms with Gasteiger partial charge in [0, 0.05) is 62.5 Å². The van der Waals surface area contributed by atoms with Gasteiger partial charge in [-0.1, -0.05) is 36.9 Å². The number of benzene rings is 2. The third kappa shape index (κ3) is 6.76. The van der Waals surface area contributed by atoms with E-state index in [1.54, 1.807) is 4.90 Å². The van der Waals surface area contributed by atoms with E-state index < -0.39 is 0 Å². The monoisotopic (exact) mass is 633 g/mol. The van der Waals surface area contributed by atoms with Crippen LogP contribution in [-0.2, 0) is 22.5 Å². The number of amides is 1. The lowest BCUT2D eigenvalue weighted by atomic mass is 9.95. The average Bonchev–Trinajstić information content (AvgIpc) is 3.10. The number of morpholine rings is 1. The quantitative estimate of drug-likeness (QED) is 0.313. The molecule has 1 amide bonds. The maximum Gasteiger partial charge on any atom is 0.246 e. The van der Waals surface area contributed by atoms with Crippen LogP contribution in [0.25, 0.3) is 10.8 Å². The number of aromatic nitrogens is 1. The van der Waals surface area contributed by atoms with Gasteiger partial charge in [-0.05, 0) is 49.8 Å². The number of fused-ring (bicyclic) bond motifs is 2. The van der Waals surface area contributed by atoms with Crippen LogP contribution in [0, 0.1) is 29.6 Å². The first-order valence-corrected chi connectivity index (χ1v) is 16.6. The highest BCUT2D eigenvalue weighted by molar-refractivity contribution is 5.97. The first-order valence-electron chi connectivity index (χ1n) is 16.6. The summed E-state index contributed by atoms with van der Waals surface area (Å²) in [5.41, 5.74) is 5.60. The van der Waals surface area contributed by atoms with Gasteiger partial charge < -0.3 is 24.2 Å². The third-order valence-electron chi connectivity index (χ3n) is 9.69. The minimum atomic E-state index is -0.315. The maximum atomic E-state index is 12.7. The van der Waals surface area contributed by atoms with Crippen molar-refractivity contribution in [2.24, 2.45) is 0 Å². The Bertz CT molecular complexity index is 1720. The Hall–Kier alpha value is -4.64. The molecule has 4 heterocycles. The number of rotatable bonds is 9. The van der Waals surface area contributed by atoms with Crippen LogP contribution in [0.5, 0.6) is 5.88 Å². The van der Waals surface area contributed by atoms with Crippen molar-refractivity contribution in [3.05, 3.63) is 71.4 Å². The Kier molecular flexibility index (Phi) is 9.91. The molecule has 47 heavy (non-hydrogen) atoms. The van der Waals surface area contributed by atoms with Crippen LogP contribution in [-0.4, -0.2) is 91.9 Å². The molecule has 0 N–H and O–H groups in total. The Morgan fingerprint density at radius 3 is 2.66 bits per heavy atom. The topological polar surface area (TPSA) is 109 Å². The van der Waals surface area contributed by atoms with Crippen LogP contribution in [0.4, 0.5) is 11.4 Å². The highest BCUT2D eigenvalue weighted by Gasteiger charge is 2.35. The van der Waals surface area contributed by atoms with E-state index in [1.165, 1.54) is 28.1 Å². The highest BCUT2D eigenvalue weighted by Crippen LogP contribution is 2.40. The molecule has 10 heteroatoms. The van der Waals surface area contributed by atoms with Crippen molar-refractivity contribution >= 4 is 28.1 Å². The molecule has 0 aliphatic carbocycles. The SMILES string of the molecule is C=CC(=O)N1CCN(c2c(C#N)c(OC(C)CCN3CCOCC3)nc3c2CCN(c2cccc4cccc(C)c24)C3)CC1CC#N. The molecule has 3 aliphatic rings. The molecule has 0 bridgehead atoms. The second-order valence-electron chi connectivity index (χ2n) is 12.7. The fourth-order valence-electron chi connectivity index (χ4n) is 7.23. The molecule has 2 saturated heterocycles. The molecule has 10 nitrogen and oxygen atoms in total. The number of ether oxygens (including phenoxy) is 2. The third-order valence-corrected chi connectivity index (χ3v) is 9.69. The van der Waals surface area contributed by atoms with E-state index in [-0.39, 0.29) is 24.5 Å². The predicted octanol–water partition coefficient (Wildman–Crippen LogP) is 4.58. The van der Waals surface area contributed by atoms with Crippen molar-refractivity contribution in [3.63, 3.8) is 0 Å². The normalized spacial score (nSPS) is 19.1. The number of carbonyl (C=O) groups excluding carboxylic acids is 1. The van der Waals surface area contributed by atoms with E-state index in [1.807, 2.05) is 6.92 Å². The van der Waals surface area contributed by atoms with E-state index in [2.05, 4.69) is 76.7 Å². The molecule has 0 radical (unpaired) electrons. The molecule has 1 aromatic heterocycles. The number of aryl methyl sites for hydroxylation is 1. The van der Waals surface area contributed by atoms with Crippen LogP contribution < -0.4 is 14.5 Å². The maximum absolute atomic E-state index is 12.7. The Morgan fingerprint density at radius 1 is 1.13 bits per heavy atom. The van der Waals surface area contributed by atoms with Gasteiger partial charge in [0.25, 0.3) is 0 Å². The fraction of sp³-hybridized carbons (Fsp3) is 0.459. The molecule has 3 aliphatic heterocycles. The van der Waals surface area contributed by atoms with E-state index in [4.69, 9.17) is 14.5 Å². The summed E-state index contributed by atoms with van der Waals surface area (Å²) >= 11 is 0. The number of carbonyl (C=O) groups is 1. The summed E-state index contributed by atoms with van der Waals surface area (Å²) in [5, 5.41) is 22.7.